The van der Waals surface area contributed by atoms with Gasteiger partial charge in [0.05, 0.1) is 13.0 Å². The van der Waals surface area contributed by atoms with Crippen LogP contribution in [0.3, 0.4) is 0 Å². The zero-order valence-electron chi connectivity index (χ0n) is 17.1. The van der Waals surface area contributed by atoms with Gasteiger partial charge in [-0.1, -0.05) is 43.2 Å². The van der Waals surface area contributed by atoms with Gasteiger partial charge in [0, 0.05) is 25.0 Å². The predicted molar refractivity (Wildman–Crippen MR) is 110 cm³/mol. The fourth-order valence-electron chi connectivity index (χ4n) is 4.38. The van der Waals surface area contributed by atoms with Crippen LogP contribution in [0.1, 0.15) is 57.4 Å². The van der Waals surface area contributed by atoms with E-state index in [4.69, 9.17) is 4.74 Å². The van der Waals surface area contributed by atoms with Crippen molar-refractivity contribution in [1.82, 2.24) is 10.2 Å². The second-order valence-corrected chi connectivity index (χ2v) is 8.48. The average molecular weight is 387 g/mol. The van der Waals surface area contributed by atoms with Gasteiger partial charge in [-0.05, 0) is 50.6 Å². The summed E-state index contributed by atoms with van der Waals surface area (Å²) in [6, 6.07) is 10.4. The van der Waals surface area contributed by atoms with Crippen LogP contribution in [0.5, 0.6) is 0 Å². The van der Waals surface area contributed by atoms with Crippen molar-refractivity contribution in [3.05, 3.63) is 35.9 Å². The van der Waals surface area contributed by atoms with Gasteiger partial charge in [0.15, 0.2) is 0 Å². The zero-order chi connectivity index (χ0) is 19.8. The third-order valence-electron chi connectivity index (χ3n) is 6.00. The highest BCUT2D eigenvalue weighted by Gasteiger charge is 2.25. The van der Waals surface area contributed by atoms with Crippen molar-refractivity contribution in [1.29, 1.82) is 0 Å². The van der Waals surface area contributed by atoms with Crippen LogP contribution in [0.25, 0.3) is 0 Å². The van der Waals surface area contributed by atoms with Crippen molar-refractivity contribution in [2.75, 3.05) is 19.7 Å². The van der Waals surface area contributed by atoms with Gasteiger partial charge < -0.3 is 10.1 Å². The molecular formula is C23H34N2O3. The van der Waals surface area contributed by atoms with E-state index in [2.05, 4.69) is 34.5 Å². The second kappa shape index (κ2) is 10.6. The molecule has 0 aromatic heterocycles. The minimum Gasteiger partial charge on any atom is -0.466 e. The van der Waals surface area contributed by atoms with Gasteiger partial charge in [0.25, 0.3) is 0 Å². The quantitative estimate of drug-likeness (QED) is 0.660. The molecule has 1 heterocycles. The van der Waals surface area contributed by atoms with Crippen LogP contribution in [0.4, 0.5) is 0 Å². The number of nitrogens with zero attached hydrogens (tertiary/aromatic N) is 1. The Hall–Kier alpha value is -1.88. The van der Waals surface area contributed by atoms with Crippen LogP contribution < -0.4 is 5.32 Å². The van der Waals surface area contributed by atoms with E-state index in [1.54, 1.807) is 0 Å². The lowest BCUT2D eigenvalue weighted by atomic mass is 10.1. The van der Waals surface area contributed by atoms with E-state index in [0.717, 1.165) is 58.2 Å². The fourth-order valence-corrected chi connectivity index (χ4v) is 4.38. The number of ether oxygens (including phenoxy) is 1. The molecule has 2 atom stereocenters. The smallest absolute Gasteiger partial charge is 0.307 e. The maximum Gasteiger partial charge on any atom is 0.307 e. The molecule has 1 aromatic rings. The summed E-state index contributed by atoms with van der Waals surface area (Å²) in [5.74, 6) is 0.622. The lowest BCUT2D eigenvalue weighted by Crippen LogP contribution is -2.38. The molecule has 28 heavy (non-hydrogen) atoms. The van der Waals surface area contributed by atoms with Crippen molar-refractivity contribution < 1.29 is 14.3 Å². The van der Waals surface area contributed by atoms with Gasteiger partial charge in [-0.15, -0.1) is 0 Å². The van der Waals surface area contributed by atoms with Crippen LogP contribution in [0, 0.1) is 11.8 Å². The van der Waals surface area contributed by atoms with Gasteiger partial charge in [0.1, 0.15) is 0 Å². The molecule has 154 valence electrons. The molecule has 1 aliphatic carbocycles. The van der Waals surface area contributed by atoms with E-state index in [-0.39, 0.29) is 30.3 Å². The highest BCUT2D eigenvalue weighted by Crippen LogP contribution is 2.25. The lowest BCUT2D eigenvalue weighted by molar-refractivity contribution is -0.144. The number of esters is 1. The summed E-state index contributed by atoms with van der Waals surface area (Å²) in [5, 5.41) is 2.97. The van der Waals surface area contributed by atoms with Gasteiger partial charge in [-0.3, -0.25) is 14.5 Å². The van der Waals surface area contributed by atoms with Gasteiger partial charge in [-0.2, -0.15) is 0 Å². The fraction of sp³-hybridized carbons (Fsp3) is 0.652. The summed E-state index contributed by atoms with van der Waals surface area (Å²) in [7, 11) is 0. The van der Waals surface area contributed by atoms with Crippen LogP contribution in [0.2, 0.25) is 0 Å². The first-order chi connectivity index (χ1) is 13.6. The molecule has 5 nitrogen and oxygen atoms in total. The highest BCUT2D eigenvalue weighted by atomic mass is 16.5. The lowest BCUT2D eigenvalue weighted by Gasteiger charge is -2.17. The molecule has 1 aliphatic heterocycles. The number of benzene rings is 1. The van der Waals surface area contributed by atoms with E-state index < -0.39 is 0 Å². The topological polar surface area (TPSA) is 58.6 Å². The minimum absolute atomic E-state index is 0.0993. The van der Waals surface area contributed by atoms with Crippen molar-refractivity contribution in [3.63, 3.8) is 0 Å². The van der Waals surface area contributed by atoms with Crippen LogP contribution >= 0.6 is 0 Å². The van der Waals surface area contributed by atoms with Crippen molar-refractivity contribution in [3.8, 4) is 0 Å². The Kier molecular flexibility index (Phi) is 7.90. The number of hydrogen-bond acceptors (Lipinski definition) is 4. The Morgan fingerprint density at radius 3 is 2.68 bits per heavy atom. The zero-order valence-corrected chi connectivity index (χ0v) is 17.1. The first kappa shape index (κ1) is 20.8. The molecule has 1 aromatic carbocycles. The number of carbonyl (C=O) groups excluding carboxylic acids is 2. The maximum absolute atomic E-state index is 12.1. The Morgan fingerprint density at radius 1 is 1.18 bits per heavy atom. The molecule has 0 unspecified atom stereocenters. The second-order valence-electron chi connectivity index (χ2n) is 8.48. The molecule has 1 amide bonds. The Morgan fingerprint density at radius 2 is 1.93 bits per heavy atom. The molecule has 2 fully saturated rings. The summed E-state index contributed by atoms with van der Waals surface area (Å²) in [6.07, 6.45) is 6.57. The number of rotatable bonds is 9. The first-order valence-electron chi connectivity index (χ1n) is 10.8. The summed E-state index contributed by atoms with van der Waals surface area (Å²) in [6.45, 7) is 5.53. The summed E-state index contributed by atoms with van der Waals surface area (Å²) < 4.78 is 5.43. The van der Waals surface area contributed by atoms with E-state index in [1.165, 1.54) is 5.56 Å². The molecule has 0 bridgehead atoms. The van der Waals surface area contributed by atoms with E-state index in [0.29, 0.717) is 12.5 Å². The molecule has 1 saturated heterocycles. The van der Waals surface area contributed by atoms with Crippen molar-refractivity contribution in [2.24, 2.45) is 11.8 Å². The number of carbonyl (C=O) groups is 2. The van der Waals surface area contributed by atoms with Crippen LogP contribution in [0.15, 0.2) is 30.3 Å². The van der Waals surface area contributed by atoms with Gasteiger partial charge >= 0.3 is 5.97 Å². The molecule has 2 aliphatic rings. The minimum atomic E-state index is -0.210. The third kappa shape index (κ3) is 6.62. The molecule has 0 radical (unpaired) electrons. The average Bonchev–Trinajstić information content (AvgIpc) is 3.35. The Bertz CT molecular complexity index is 628. The molecule has 5 heteroatoms. The highest BCUT2D eigenvalue weighted by molar-refractivity contribution is 5.80. The van der Waals surface area contributed by atoms with E-state index in [9.17, 15) is 9.59 Å². The summed E-state index contributed by atoms with van der Waals surface area (Å²) >= 11 is 0. The van der Waals surface area contributed by atoms with Crippen LogP contribution in [-0.4, -0.2) is 42.5 Å². The van der Waals surface area contributed by atoms with Crippen molar-refractivity contribution in [2.45, 2.75) is 64.5 Å². The summed E-state index contributed by atoms with van der Waals surface area (Å²) in [5.41, 5.74) is 1.35. The molecular weight excluding hydrogens is 352 g/mol. The molecule has 1 N–H and O–H groups in total. The van der Waals surface area contributed by atoms with E-state index >= 15 is 0 Å². The van der Waals surface area contributed by atoms with Gasteiger partial charge in [0.2, 0.25) is 5.91 Å². The van der Waals surface area contributed by atoms with Crippen LogP contribution in [-0.2, 0) is 20.9 Å². The largest absolute Gasteiger partial charge is 0.466 e. The monoisotopic (exact) mass is 386 g/mol. The number of nitrogens with one attached hydrogen (secondary N) is 1. The normalized spacial score (nSPS) is 21.5. The Balaban J connectivity index is 1.27. The molecule has 1 saturated carbocycles. The molecule has 3 rings (SSSR count). The standard InChI is InChI=1S/C23H34N2O3/c1-18(24-23(27)21-9-5-6-10-21)15-22(26)28-14-12-20-11-13-25(17-20)16-19-7-3-2-4-8-19/h2-4,7-8,18,20-21H,5-6,9-17H2,1H3,(H,24,27)/t18-,20-/m1/s1. The molecule has 0 spiro atoms. The number of hydrogen-bond donors (Lipinski definition) is 1. The number of amides is 1. The van der Waals surface area contributed by atoms with E-state index in [1.807, 2.05) is 13.0 Å². The summed E-state index contributed by atoms with van der Waals surface area (Å²) in [4.78, 5) is 26.6. The Labute approximate surface area is 168 Å². The SMILES string of the molecule is C[C@H](CC(=O)OCC[C@H]1CCN(Cc2ccccc2)C1)NC(=O)C1CCCC1. The predicted octanol–water partition coefficient (Wildman–Crippen LogP) is 3.53. The number of likely N-dealkylation sites (tertiary alicyclic amines) is 1. The third-order valence-corrected chi connectivity index (χ3v) is 6.00. The maximum atomic E-state index is 12.1. The van der Waals surface area contributed by atoms with Crippen molar-refractivity contribution >= 4 is 11.9 Å². The first-order valence-corrected chi connectivity index (χ1v) is 10.8. The van der Waals surface area contributed by atoms with Gasteiger partial charge in [-0.25, -0.2) is 0 Å².